The summed E-state index contributed by atoms with van der Waals surface area (Å²) in [5.74, 6) is 2.02. The van der Waals surface area contributed by atoms with E-state index >= 15 is 0 Å². The highest BCUT2D eigenvalue weighted by molar-refractivity contribution is 6.21. The molecular formula is C14H19ClO. The Labute approximate surface area is 103 Å². The van der Waals surface area contributed by atoms with Crippen LogP contribution in [0.15, 0.2) is 18.2 Å². The molecule has 0 aliphatic heterocycles. The smallest absolute Gasteiger partial charge is 0.119 e. The zero-order valence-electron chi connectivity index (χ0n) is 10.2. The summed E-state index contributed by atoms with van der Waals surface area (Å²) in [6, 6.07) is 6.35. The minimum atomic E-state index is 0.134. The fourth-order valence-corrected chi connectivity index (χ4v) is 2.74. The summed E-state index contributed by atoms with van der Waals surface area (Å²) < 4.78 is 5.64. The lowest BCUT2D eigenvalue weighted by atomic mass is 9.96. The van der Waals surface area contributed by atoms with Crippen molar-refractivity contribution in [3.05, 3.63) is 29.3 Å². The van der Waals surface area contributed by atoms with Crippen molar-refractivity contribution in [2.45, 2.75) is 38.5 Å². The van der Waals surface area contributed by atoms with Gasteiger partial charge in [-0.2, -0.15) is 0 Å². The average molecular weight is 239 g/mol. The molecule has 2 heteroatoms. The van der Waals surface area contributed by atoms with Crippen molar-refractivity contribution in [2.75, 3.05) is 6.61 Å². The van der Waals surface area contributed by atoms with Crippen molar-refractivity contribution >= 4 is 11.6 Å². The summed E-state index contributed by atoms with van der Waals surface area (Å²) in [6.07, 6.45) is 1.04. The van der Waals surface area contributed by atoms with E-state index in [9.17, 15) is 0 Å². The van der Waals surface area contributed by atoms with E-state index < -0.39 is 0 Å². The maximum absolute atomic E-state index is 6.44. The van der Waals surface area contributed by atoms with Crippen LogP contribution in [0.2, 0.25) is 0 Å². The van der Waals surface area contributed by atoms with Crippen LogP contribution in [0.3, 0.4) is 0 Å². The molecule has 0 aromatic heterocycles. The number of alkyl halides is 1. The Morgan fingerprint density at radius 3 is 2.69 bits per heavy atom. The molecule has 1 aliphatic rings. The zero-order chi connectivity index (χ0) is 11.7. The van der Waals surface area contributed by atoms with E-state index in [1.807, 2.05) is 0 Å². The van der Waals surface area contributed by atoms with E-state index in [0.717, 1.165) is 18.8 Å². The summed E-state index contributed by atoms with van der Waals surface area (Å²) in [6.45, 7) is 7.35. The van der Waals surface area contributed by atoms with Gasteiger partial charge in [-0.3, -0.25) is 0 Å². The summed E-state index contributed by atoms with van der Waals surface area (Å²) in [7, 11) is 0. The van der Waals surface area contributed by atoms with E-state index in [1.165, 1.54) is 11.1 Å². The monoisotopic (exact) mass is 238 g/mol. The Morgan fingerprint density at radius 2 is 2.00 bits per heavy atom. The summed E-state index contributed by atoms with van der Waals surface area (Å²) in [5, 5.41) is 0.134. The number of fused-ring (bicyclic) bond motifs is 1. The molecule has 0 N–H and O–H groups in total. The van der Waals surface area contributed by atoms with E-state index in [-0.39, 0.29) is 5.38 Å². The molecule has 1 aromatic rings. The molecule has 2 rings (SSSR count). The van der Waals surface area contributed by atoms with Crippen LogP contribution in [0.1, 0.15) is 49.6 Å². The van der Waals surface area contributed by atoms with Gasteiger partial charge in [-0.15, -0.1) is 11.6 Å². The number of halogens is 1. The summed E-state index contributed by atoms with van der Waals surface area (Å²) in [5.41, 5.74) is 2.65. The van der Waals surface area contributed by atoms with Gasteiger partial charge >= 0.3 is 0 Å². The number of ether oxygens (including phenoxy) is 1. The molecule has 1 aromatic carbocycles. The van der Waals surface area contributed by atoms with Crippen LogP contribution in [-0.4, -0.2) is 6.61 Å². The first-order valence-electron chi connectivity index (χ1n) is 6.05. The molecule has 0 saturated carbocycles. The fourth-order valence-electron chi connectivity index (χ4n) is 2.34. The standard InChI is InChI=1S/C14H19ClO/c1-4-7-16-11-5-6-12-9(2)10(3)14(15)13(12)8-11/h5-6,8-10,14H,4,7H2,1-3H3. The molecule has 3 unspecified atom stereocenters. The van der Waals surface area contributed by atoms with E-state index in [1.54, 1.807) is 0 Å². The molecule has 1 nitrogen and oxygen atoms in total. The Morgan fingerprint density at radius 1 is 1.25 bits per heavy atom. The van der Waals surface area contributed by atoms with Crippen LogP contribution in [0.4, 0.5) is 0 Å². The molecule has 0 spiro atoms. The van der Waals surface area contributed by atoms with Crippen molar-refractivity contribution in [3.8, 4) is 5.75 Å². The Balaban J connectivity index is 2.26. The van der Waals surface area contributed by atoms with Crippen molar-refractivity contribution in [1.82, 2.24) is 0 Å². The molecule has 88 valence electrons. The van der Waals surface area contributed by atoms with Crippen molar-refractivity contribution < 1.29 is 4.74 Å². The molecule has 0 heterocycles. The van der Waals surface area contributed by atoms with Gasteiger partial charge < -0.3 is 4.74 Å². The highest BCUT2D eigenvalue weighted by Gasteiger charge is 2.34. The van der Waals surface area contributed by atoms with Gasteiger partial charge in [-0.25, -0.2) is 0 Å². The number of hydrogen-bond donors (Lipinski definition) is 0. The molecule has 16 heavy (non-hydrogen) atoms. The first-order chi connectivity index (χ1) is 7.65. The number of benzene rings is 1. The lowest BCUT2D eigenvalue weighted by Crippen LogP contribution is -2.00. The summed E-state index contributed by atoms with van der Waals surface area (Å²) >= 11 is 6.44. The lowest BCUT2D eigenvalue weighted by molar-refractivity contribution is 0.317. The second kappa shape index (κ2) is 4.67. The second-order valence-electron chi connectivity index (χ2n) is 4.69. The highest BCUT2D eigenvalue weighted by Crippen LogP contribution is 2.49. The quantitative estimate of drug-likeness (QED) is 0.704. The minimum Gasteiger partial charge on any atom is -0.494 e. The van der Waals surface area contributed by atoms with Gasteiger partial charge in [0.1, 0.15) is 5.75 Å². The summed E-state index contributed by atoms with van der Waals surface area (Å²) in [4.78, 5) is 0. The first-order valence-corrected chi connectivity index (χ1v) is 6.49. The third-order valence-electron chi connectivity index (χ3n) is 3.57. The van der Waals surface area contributed by atoms with E-state index in [0.29, 0.717) is 11.8 Å². The first kappa shape index (κ1) is 11.8. The molecule has 0 fully saturated rings. The molecule has 3 atom stereocenters. The fraction of sp³-hybridized carbons (Fsp3) is 0.571. The zero-order valence-corrected chi connectivity index (χ0v) is 10.9. The SMILES string of the molecule is CCCOc1ccc2c(c1)C(Cl)C(C)C2C. The molecule has 1 aliphatic carbocycles. The highest BCUT2D eigenvalue weighted by atomic mass is 35.5. The van der Waals surface area contributed by atoms with Gasteiger partial charge in [-0.1, -0.05) is 26.8 Å². The van der Waals surface area contributed by atoms with Crippen LogP contribution < -0.4 is 4.74 Å². The Kier molecular flexibility index (Phi) is 3.44. The van der Waals surface area contributed by atoms with Gasteiger partial charge in [0.25, 0.3) is 0 Å². The predicted octanol–water partition coefficient (Wildman–Crippen LogP) is 4.51. The van der Waals surface area contributed by atoms with E-state index in [2.05, 4.69) is 39.0 Å². The van der Waals surface area contributed by atoms with Gasteiger partial charge in [0, 0.05) is 0 Å². The van der Waals surface area contributed by atoms with E-state index in [4.69, 9.17) is 16.3 Å². The Hall–Kier alpha value is -0.690. The van der Waals surface area contributed by atoms with Gasteiger partial charge in [-0.05, 0) is 41.5 Å². The van der Waals surface area contributed by atoms with Gasteiger partial charge in [0.15, 0.2) is 0 Å². The van der Waals surface area contributed by atoms with Crippen LogP contribution in [0.5, 0.6) is 5.75 Å². The third kappa shape index (κ3) is 1.93. The largest absolute Gasteiger partial charge is 0.494 e. The molecule has 0 saturated heterocycles. The molecular weight excluding hydrogens is 220 g/mol. The average Bonchev–Trinajstić information content (AvgIpc) is 2.52. The lowest BCUT2D eigenvalue weighted by Gasteiger charge is -2.11. The maximum atomic E-state index is 6.44. The van der Waals surface area contributed by atoms with Gasteiger partial charge in [0.2, 0.25) is 0 Å². The molecule has 0 bridgehead atoms. The van der Waals surface area contributed by atoms with Crippen LogP contribution in [0, 0.1) is 5.92 Å². The Bertz CT molecular complexity index is 375. The minimum absolute atomic E-state index is 0.134. The van der Waals surface area contributed by atoms with Crippen molar-refractivity contribution in [2.24, 2.45) is 5.92 Å². The maximum Gasteiger partial charge on any atom is 0.119 e. The number of rotatable bonds is 3. The topological polar surface area (TPSA) is 9.23 Å². The van der Waals surface area contributed by atoms with Crippen LogP contribution >= 0.6 is 11.6 Å². The molecule has 0 amide bonds. The second-order valence-corrected chi connectivity index (χ2v) is 5.16. The van der Waals surface area contributed by atoms with Gasteiger partial charge in [0.05, 0.1) is 12.0 Å². The molecule has 0 radical (unpaired) electrons. The van der Waals surface area contributed by atoms with Crippen molar-refractivity contribution in [3.63, 3.8) is 0 Å². The van der Waals surface area contributed by atoms with Crippen molar-refractivity contribution in [1.29, 1.82) is 0 Å². The van der Waals surface area contributed by atoms with Crippen LogP contribution in [-0.2, 0) is 0 Å². The number of hydrogen-bond acceptors (Lipinski definition) is 1. The normalized spacial score (nSPS) is 27.9. The van der Waals surface area contributed by atoms with Crippen LogP contribution in [0.25, 0.3) is 0 Å². The third-order valence-corrected chi connectivity index (χ3v) is 4.20. The predicted molar refractivity (Wildman–Crippen MR) is 68.4 cm³/mol.